The molecule has 3 aromatic rings. The Bertz CT molecular complexity index is 824. The van der Waals surface area contributed by atoms with E-state index in [0.717, 1.165) is 35.4 Å². The van der Waals surface area contributed by atoms with Crippen LogP contribution in [-0.4, -0.2) is 20.4 Å². The van der Waals surface area contributed by atoms with Gasteiger partial charge >= 0.3 is 0 Å². The Morgan fingerprint density at radius 2 is 2.13 bits per heavy atom. The molecule has 0 aliphatic heterocycles. The molecule has 0 saturated carbocycles. The van der Waals surface area contributed by atoms with Crippen molar-refractivity contribution in [3.63, 3.8) is 0 Å². The second-order valence-electron chi connectivity index (χ2n) is 5.54. The molecule has 118 valence electrons. The van der Waals surface area contributed by atoms with Crippen molar-refractivity contribution < 1.29 is 4.79 Å². The largest absolute Gasteiger partial charge is 0.346 e. The minimum Gasteiger partial charge on any atom is -0.346 e. The number of amides is 1. The van der Waals surface area contributed by atoms with Crippen LogP contribution in [0.1, 0.15) is 35.2 Å². The molecule has 0 fully saturated rings. The molecule has 0 saturated heterocycles. The number of hydrogen-bond acceptors (Lipinski definition) is 3. The van der Waals surface area contributed by atoms with Crippen molar-refractivity contribution in [2.75, 3.05) is 0 Å². The lowest BCUT2D eigenvalue weighted by Gasteiger charge is -2.05. The van der Waals surface area contributed by atoms with E-state index in [-0.39, 0.29) is 5.91 Å². The third-order valence-corrected chi connectivity index (χ3v) is 3.87. The molecule has 0 spiro atoms. The van der Waals surface area contributed by atoms with Crippen LogP contribution in [0.15, 0.2) is 42.6 Å². The number of benzene rings is 1. The molecule has 0 atom stereocenters. The summed E-state index contributed by atoms with van der Waals surface area (Å²) >= 11 is 0. The maximum Gasteiger partial charge on any atom is 0.251 e. The Balaban J connectivity index is 1.79. The summed E-state index contributed by atoms with van der Waals surface area (Å²) in [6, 6.07) is 11.3. The lowest BCUT2D eigenvalue weighted by Crippen LogP contribution is -2.23. The molecule has 2 aromatic heterocycles. The van der Waals surface area contributed by atoms with Crippen LogP contribution in [-0.2, 0) is 20.0 Å². The van der Waals surface area contributed by atoms with E-state index in [2.05, 4.69) is 26.8 Å². The molecule has 0 bridgehead atoms. The zero-order valence-corrected chi connectivity index (χ0v) is 13.4. The Labute approximate surface area is 135 Å². The first-order valence-electron chi connectivity index (χ1n) is 7.82. The quantitative estimate of drug-likeness (QED) is 0.788. The van der Waals surface area contributed by atoms with Crippen LogP contribution in [0.5, 0.6) is 0 Å². The van der Waals surface area contributed by atoms with Crippen molar-refractivity contribution in [3.05, 3.63) is 59.7 Å². The number of nitrogens with one attached hydrogen (secondary N) is 1. The summed E-state index contributed by atoms with van der Waals surface area (Å²) in [6.07, 6.45) is 3.71. The van der Waals surface area contributed by atoms with Gasteiger partial charge in [0.15, 0.2) is 0 Å². The number of imidazole rings is 1. The maximum atomic E-state index is 12.3. The first kappa shape index (κ1) is 15.2. The van der Waals surface area contributed by atoms with Gasteiger partial charge < -0.3 is 9.88 Å². The van der Waals surface area contributed by atoms with E-state index in [1.807, 2.05) is 43.4 Å². The average Bonchev–Trinajstić information content (AvgIpc) is 2.90. The number of carbonyl (C=O) groups is 1. The van der Waals surface area contributed by atoms with Gasteiger partial charge in [-0.3, -0.25) is 9.78 Å². The molecule has 2 heterocycles. The predicted molar refractivity (Wildman–Crippen MR) is 90.1 cm³/mol. The van der Waals surface area contributed by atoms with E-state index in [1.54, 1.807) is 6.20 Å². The van der Waals surface area contributed by atoms with E-state index in [0.29, 0.717) is 12.1 Å². The molecular formula is C18H20N4O. The van der Waals surface area contributed by atoms with Gasteiger partial charge in [0.1, 0.15) is 5.82 Å². The second kappa shape index (κ2) is 6.60. The van der Waals surface area contributed by atoms with Crippen molar-refractivity contribution in [2.45, 2.75) is 26.3 Å². The molecular weight excluding hydrogens is 288 g/mol. The molecule has 5 heteroatoms. The molecule has 1 N–H and O–H groups in total. The highest BCUT2D eigenvalue weighted by molar-refractivity contribution is 5.97. The Kier molecular flexibility index (Phi) is 4.37. The van der Waals surface area contributed by atoms with Gasteiger partial charge in [-0.15, -0.1) is 0 Å². The number of pyridine rings is 1. The SMILES string of the molecule is CCCc1nc2ccc(C(=O)NCc3ccccn3)cc2n1C. The minimum absolute atomic E-state index is 0.101. The fraction of sp³-hybridized carbons (Fsp3) is 0.278. The number of aryl methyl sites for hydroxylation is 2. The third kappa shape index (κ3) is 3.23. The Morgan fingerprint density at radius 1 is 1.26 bits per heavy atom. The number of rotatable bonds is 5. The smallest absolute Gasteiger partial charge is 0.251 e. The van der Waals surface area contributed by atoms with Crippen LogP contribution < -0.4 is 5.32 Å². The van der Waals surface area contributed by atoms with Crippen molar-refractivity contribution in [3.8, 4) is 0 Å². The summed E-state index contributed by atoms with van der Waals surface area (Å²) in [7, 11) is 2.00. The maximum absolute atomic E-state index is 12.3. The number of fused-ring (bicyclic) bond motifs is 1. The predicted octanol–water partition coefficient (Wildman–Crippen LogP) is 2.85. The zero-order valence-electron chi connectivity index (χ0n) is 13.4. The number of carbonyl (C=O) groups excluding carboxylic acids is 1. The molecule has 1 amide bonds. The average molecular weight is 308 g/mol. The summed E-state index contributed by atoms with van der Waals surface area (Å²) in [6.45, 7) is 2.56. The van der Waals surface area contributed by atoms with E-state index in [4.69, 9.17) is 0 Å². The zero-order chi connectivity index (χ0) is 16.2. The van der Waals surface area contributed by atoms with Crippen LogP contribution in [0.2, 0.25) is 0 Å². The molecule has 0 radical (unpaired) electrons. The highest BCUT2D eigenvalue weighted by Gasteiger charge is 2.11. The fourth-order valence-electron chi connectivity index (χ4n) is 2.60. The van der Waals surface area contributed by atoms with Gasteiger partial charge in [0, 0.05) is 25.2 Å². The third-order valence-electron chi connectivity index (χ3n) is 3.87. The lowest BCUT2D eigenvalue weighted by atomic mass is 10.2. The molecule has 0 aliphatic rings. The fourth-order valence-corrected chi connectivity index (χ4v) is 2.60. The van der Waals surface area contributed by atoms with Crippen molar-refractivity contribution in [1.29, 1.82) is 0 Å². The monoisotopic (exact) mass is 308 g/mol. The number of nitrogens with zero attached hydrogens (tertiary/aromatic N) is 3. The Morgan fingerprint density at radius 3 is 2.87 bits per heavy atom. The summed E-state index contributed by atoms with van der Waals surface area (Å²) in [4.78, 5) is 21.2. The van der Waals surface area contributed by atoms with Gasteiger partial charge in [0.25, 0.3) is 5.91 Å². The van der Waals surface area contributed by atoms with Crippen LogP contribution in [0.3, 0.4) is 0 Å². The van der Waals surface area contributed by atoms with Crippen molar-refractivity contribution >= 4 is 16.9 Å². The first-order chi connectivity index (χ1) is 11.2. The molecule has 0 unspecified atom stereocenters. The number of hydrogen-bond donors (Lipinski definition) is 1. The van der Waals surface area contributed by atoms with Crippen LogP contribution in [0.4, 0.5) is 0 Å². The molecule has 5 nitrogen and oxygen atoms in total. The first-order valence-corrected chi connectivity index (χ1v) is 7.82. The van der Waals surface area contributed by atoms with Crippen molar-refractivity contribution in [1.82, 2.24) is 19.9 Å². The van der Waals surface area contributed by atoms with Crippen LogP contribution in [0.25, 0.3) is 11.0 Å². The topological polar surface area (TPSA) is 59.8 Å². The molecule has 0 aliphatic carbocycles. The number of aromatic nitrogens is 3. The minimum atomic E-state index is -0.101. The van der Waals surface area contributed by atoms with Gasteiger partial charge in [-0.05, 0) is 36.8 Å². The summed E-state index contributed by atoms with van der Waals surface area (Å²) in [5.41, 5.74) is 3.39. The van der Waals surface area contributed by atoms with Gasteiger partial charge in [-0.2, -0.15) is 0 Å². The molecule has 1 aromatic carbocycles. The summed E-state index contributed by atoms with van der Waals surface area (Å²) in [5, 5.41) is 2.90. The molecule has 23 heavy (non-hydrogen) atoms. The molecule has 3 rings (SSSR count). The highest BCUT2D eigenvalue weighted by atomic mass is 16.1. The van der Waals surface area contributed by atoms with Gasteiger partial charge in [-0.25, -0.2) is 4.98 Å². The second-order valence-corrected chi connectivity index (χ2v) is 5.54. The Hall–Kier alpha value is -2.69. The lowest BCUT2D eigenvalue weighted by molar-refractivity contribution is 0.0950. The van der Waals surface area contributed by atoms with Crippen LogP contribution in [0, 0.1) is 0 Å². The van der Waals surface area contributed by atoms with Crippen LogP contribution >= 0.6 is 0 Å². The standard InChI is InChI=1S/C18H20N4O/c1-3-6-17-21-15-9-8-13(11-16(15)22(17)2)18(23)20-12-14-7-4-5-10-19-14/h4-5,7-11H,3,6,12H2,1-2H3,(H,20,23). The van der Waals surface area contributed by atoms with Gasteiger partial charge in [-0.1, -0.05) is 13.0 Å². The van der Waals surface area contributed by atoms with E-state index < -0.39 is 0 Å². The van der Waals surface area contributed by atoms with Crippen molar-refractivity contribution in [2.24, 2.45) is 7.05 Å². The van der Waals surface area contributed by atoms with Gasteiger partial charge in [0.05, 0.1) is 23.3 Å². The van der Waals surface area contributed by atoms with E-state index >= 15 is 0 Å². The normalized spacial score (nSPS) is 10.9. The van der Waals surface area contributed by atoms with Gasteiger partial charge in [0.2, 0.25) is 0 Å². The van der Waals surface area contributed by atoms with E-state index in [9.17, 15) is 4.79 Å². The van der Waals surface area contributed by atoms with E-state index in [1.165, 1.54) is 0 Å². The summed E-state index contributed by atoms with van der Waals surface area (Å²) in [5.74, 6) is 0.948. The summed E-state index contributed by atoms with van der Waals surface area (Å²) < 4.78 is 2.06. The highest BCUT2D eigenvalue weighted by Crippen LogP contribution is 2.18.